The zero-order valence-corrected chi connectivity index (χ0v) is 7.54. The highest BCUT2D eigenvalue weighted by Crippen LogP contribution is 2.26. The van der Waals surface area contributed by atoms with Crippen molar-refractivity contribution in [1.29, 1.82) is 0 Å². The van der Waals surface area contributed by atoms with Crippen molar-refractivity contribution in [3.05, 3.63) is 29.8 Å². The average Bonchev–Trinajstić information content (AvgIpc) is 2.45. The molecule has 4 nitrogen and oxygen atoms in total. The molecule has 0 aromatic heterocycles. The molecular formula is C8H8NO3S-. The van der Waals surface area contributed by atoms with E-state index in [2.05, 4.69) is 5.32 Å². The summed E-state index contributed by atoms with van der Waals surface area (Å²) in [6, 6.07) is 7.19. The van der Waals surface area contributed by atoms with Crippen molar-refractivity contribution in [3.63, 3.8) is 0 Å². The first-order valence-corrected chi connectivity index (χ1v) is 5.33. The highest BCUT2D eigenvalue weighted by Gasteiger charge is 2.24. The number of hydrogen-bond acceptors (Lipinski definition) is 4. The van der Waals surface area contributed by atoms with Crippen molar-refractivity contribution in [2.75, 3.05) is 5.32 Å². The van der Waals surface area contributed by atoms with Crippen LogP contribution in [0.1, 0.15) is 5.56 Å². The van der Waals surface area contributed by atoms with E-state index in [9.17, 15) is 13.0 Å². The molecule has 0 radical (unpaired) electrons. The lowest BCUT2D eigenvalue weighted by atomic mass is 10.2. The van der Waals surface area contributed by atoms with E-state index < -0.39 is 15.5 Å². The van der Waals surface area contributed by atoms with Gasteiger partial charge in [0.1, 0.15) is 15.5 Å². The Bertz CT molecular complexity index is 402. The van der Waals surface area contributed by atoms with Crippen LogP contribution in [-0.4, -0.2) is 18.3 Å². The van der Waals surface area contributed by atoms with Crippen LogP contribution in [0.3, 0.4) is 0 Å². The Morgan fingerprint density at radius 3 is 2.69 bits per heavy atom. The number of nitrogens with one attached hydrogen (secondary N) is 1. The SMILES string of the molecule is O=S(=O)([O-])[C@@H]1Cc2ccccc2N1. The second kappa shape index (κ2) is 2.71. The topological polar surface area (TPSA) is 69.2 Å². The van der Waals surface area contributed by atoms with E-state index in [4.69, 9.17) is 0 Å². The zero-order valence-electron chi connectivity index (χ0n) is 6.73. The first kappa shape index (κ1) is 8.52. The lowest BCUT2D eigenvalue weighted by Crippen LogP contribution is -2.26. The second-order valence-corrected chi connectivity index (χ2v) is 4.54. The van der Waals surface area contributed by atoms with Crippen molar-refractivity contribution in [2.45, 2.75) is 11.8 Å². The minimum atomic E-state index is -4.23. The number of benzene rings is 1. The molecule has 1 aliphatic rings. The number of hydrogen-bond donors (Lipinski definition) is 1. The lowest BCUT2D eigenvalue weighted by molar-refractivity contribution is 0.453. The van der Waals surface area contributed by atoms with Gasteiger partial charge in [-0.05, 0) is 11.6 Å². The zero-order chi connectivity index (χ0) is 9.47. The van der Waals surface area contributed by atoms with Crippen molar-refractivity contribution in [2.24, 2.45) is 0 Å². The van der Waals surface area contributed by atoms with Gasteiger partial charge in [0.25, 0.3) is 0 Å². The maximum atomic E-state index is 10.7. The summed E-state index contributed by atoms with van der Waals surface area (Å²) in [6.07, 6.45) is 0.266. The molecule has 5 heteroatoms. The molecule has 1 aliphatic heterocycles. The fourth-order valence-corrected chi connectivity index (χ4v) is 2.09. The monoisotopic (exact) mass is 198 g/mol. The minimum absolute atomic E-state index is 0.266. The van der Waals surface area contributed by atoms with E-state index in [1.54, 1.807) is 12.1 Å². The largest absolute Gasteiger partial charge is 0.746 e. The molecule has 70 valence electrons. The average molecular weight is 198 g/mol. The summed E-state index contributed by atoms with van der Waals surface area (Å²) in [4.78, 5) is 0. The molecule has 0 amide bonds. The Labute approximate surface area is 76.3 Å². The van der Waals surface area contributed by atoms with Crippen LogP contribution in [0.2, 0.25) is 0 Å². The van der Waals surface area contributed by atoms with Gasteiger partial charge in [0, 0.05) is 12.1 Å². The third-order valence-corrected chi connectivity index (χ3v) is 3.07. The first-order valence-electron chi connectivity index (χ1n) is 3.86. The molecule has 0 saturated carbocycles. The van der Waals surface area contributed by atoms with Crippen LogP contribution in [0.25, 0.3) is 0 Å². The molecule has 1 atom stereocenters. The summed E-state index contributed by atoms with van der Waals surface area (Å²) in [5, 5.41) is 1.68. The highest BCUT2D eigenvalue weighted by molar-refractivity contribution is 7.86. The standard InChI is InChI=1S/C8H9NO3S/c10-13(11,12)8-5-6-3-1-2-4-7(6)9-8/h1-4,8-9H,5H2,(H,10,11,12)/p-1/t8-/m1/s1. The minimum Gasteiger partial charge on any atom is -0.746 e. The van der Waals surface area contributed by atoms with Crippen molar-refractivity contribution in [1.82, 2.24) is 0 Å². The summed E-state index contributed by atoms with van der Waals surface area (Å²) in [5.74, 6) is 0. The van der Waals surface area contributed by atoms with Crippen LogP contribution in [-0.2, 0) is 16.5 Å². The second-order valence-electron chi connectivity index (χ2n) is 2.99. The first-order chi connectivity index (χ1) is 6.07. The maximum Gasteiger partial charge on any atom is 0.121 e. The molecule has 1 N–H and O–H groups in total. The highest BCUT2D eigenvalue weighted by atomic mass is 32.2. The predicted molar refractivity (Wildman–Crippen MR) is 47.3 cm³/mol. The Morgan fingerprint density at radius 1 is 1.38 bits per heavy atom. The Hall–Kier alpha value is -1.07. The van der Waals surface area contributed by atoms with Gasteiger partial charge in [0.15, 0.2) is 0 Å². The van der Waals surface area contributed by atoms with E-state index in [1.807, 2.05) is 12.1 Å². The van der Waals surface area contributed by atoms with E-state index in [0.717, 1.165) is 11.3 Å². The van der Waals surface area contributed by atoms with Gasteiger partial charge in [-0.15, -0.1) is 0 Å². The van der Waals surface area contributed by atoms with Gasteiger partial charge in [-0.1, -0.05) is 18.2 Å². The predicted octanol–water partition coefficient (Wildman–Crippen LogP) is 0.526. The van der Waals surface area contributed by atoms with Crippen LogP contribution < -0.4 is 5.32 Å². The number of anilines is 1. The molecule has 0 bridgehead atoms. The number of fused-ring (bicyclic) bond motifs is 1. The molecule has 0 saturated heterocycles. The van der Waals surface area contributed by atoms with Crippen LogP contribution >= 0.6 is 0 Å². The van der Waals surface area contributed by atoms with Gasteiger partial charge < -0.3 is 9.87 Å². The van der Waals surface area contributed by atoms with Crippen molar-refractivity contribution < 1.29 is 13.0 Å². The molecule has 0 fully saturated rings. The van der Waals surface area contributed by atoms with Gasteiger partial charge >= 0.3 is 0 Å². The fourth-order valence-electron chi connectivity index (χ4n) is 1.44. The number of rotatable bonds is 1. The molecule has 1 aromatic carbocycles. The van der Waals surface area contributed by atoms with Gasteiger partial charge in [-0.2, -0.15) is 0 Å². The molecule has 1 aromatic rings. The third kappa shape index (κ3) is 1.52. The summed E-state index contributed by atoms with van der Waals surface area (Å²) in [6.45, 7) is 0. The summed E-state index contributed by atoms with van der Waals surface area (Å²) < 4.78 is 32.1. The molecule has 0 aliphatic carbocycles. The summed E-state index contributed by atoms with van der Waals surface area (Å²) in [5.41, 5.74) is 1.62. The van der Waals surface area contributed by atoms with Crippen LogP contribution in [0.15, 0.2) is 24.3 Å². The quantitative estimate of drug-likeness (QED) is 0.668. The van der Waals surface area contributed by atoms with Crippen molar-refractivity contribution in [3.8, 4) is 0 Å². The molecule has 2 rings (SSSR count). The molecule has 0 unspecified atom stereocenters. The van der Waals surface area contributed by atoms with Gasteiger partial charge in [0.2, 0.25) is 0 Å². The lowest BCUT2D eigenvalue weighted by Gasteiger charge is -2.15. The Balaban J connectivity index is 2.33. The Morgan fingerprint density at radius 2 is 2.08 bits per heavy atom. The van der Waals surface area contributed by atoms with E-state index in [0.29, 0.717) is 0 Å². The summed E-state index contributed by atoms with van der Waals surface area (Å²) >= 11 is 0. The van der Waals surface area contributed by atoms with E-state index in [1.165, 1.54) is 0 Å². The normalized spacial score (nSPS) is 20.8. The van der Waals surface area contributed by atoms with Crippen LogP contribution in [0.5, 0.6) is 0 Å². The van der Waals surface area contributed by atoms with Crippen LogP contribution in [0.4, 0.5) is 5.69 Å². The smallest absolute Gasteiger partial charge is 0.121 e. The van der Waals surface area contributed by atoms with Crippen molar-refractivity contribution >= 4 is 15.8 Å². The van der Waals surface area contributed by atoms with Gasteiger partial charge in [-0.25, -0.2) is 8.42 Å². The Kier molecular flexibility index (Phi) is 1.78. The van der Waals surface area contributed by atoms with Gasteiger partial charge in [0.05, 0.1) is 0 Å². The molecule has 13 heavy (non-hydrogen) atoms. The molecular weight excluding hydrogens is 190 g/mol. The fraction of sp³-hybridized carbons (Fsp3) is 0.250. The molecule has 0 spiro atoms. The van der Waals surface area contributed by atoms with E-state index in [-0.39, 0.29) is 6.42 Å². The van der Waals surface area contributed by atoms with Gasteiger partial charge in [-0.3, -0.25) is 0 Å². The number of para-hydroxylation sites is 1. The molecule has 1 heterocycles. The summed E-state index contributed by atoms with van der Waals surface area (Å²) in [7, 11) is -4.23. The maximum absolute atomic E-state index is 10.7. The van der Waals surface area contributed by atoms with Crippen LogP contribution in [0, 0.1) is 0 Å². The van der Waals surface area contributed by atoms with E-state index >= 15 is 0 Å². The third-order valence-electron chi connectivity index (χ3n) is 2.09.